The lowest BCUT2D eigenvalue weighted by molar-refractivity contribution is 0.528. The Kier molecular flexibility index (Phi) is 3.92. The number of allylic oxidation sites excluding steroid dienone is 3. The van der Waals surface area contributed by atoms with Crippen molar-refractivity contribution in [2.75, 3.05) is 0 Å². The molecular weight excluding hydrogens is 174 g/mol. The highest BCUT2D eigenvalue weighted by Gasteiger charge is 1.93. The van der Waals surface area contributed by atoms with Crippen LogP contribution >= 0.6 is 0 Å². The largest absolute Gasteiger partial charge is 0.460 e. The van der Waals surface area contributed by atoms with Gasteiger partial charge in [-0.3, -0.25) is 4.99 Å². The van der Waals surface area contributed by atoms with Crippen molar-refractivity contribution in [1.82, 2.24) is 0 Å². The topological polar surface area (TPSA) is 25.5 Å². The third-order valence-electron chi connectivity index (χ3n) is 1.74. The first-order valence-corrected chi connectivity index (χ1v) is 4.65. The van der Waals surface area contributed by atoms with Crippen LogP contribution in [0.2, 0.25) is 0 Å². The minimum absolute atomic E-state index is 0.784. The molecule has 0 N–H and O–H groups in total. The van der Waals surface area contributed by atoms with E-state index in [1.54, 1.807) is 6.21 Å². The Labute approximate surface area is 84.7 Å². The highest BCUT2D eigenvalue weighted by molar-refractivity contribution is 5.77. The highest BCUT2D eigenvalue weighted by atomic mass is 16.3. The molecule has 0 amide bonds. The summed E-state index contributed by atoms with van der Waals surface area (Å²) in [4.78, 5) is 4.27. The van der Waals surface area contributed by atoms with Crippen LogP contribution in [0.15, 0.2) is 45.5 Å². The van der Waals surface area contributed by atoms with Crippen LogP contribution in [-0.2, 0) is 0 Å². The normalized spacial score (nSPS) is 13.2. The van der Waals surface area contributed by atoms with Crippen molar-refractivity contribution in [3.05, 3.63) is 47.6 Å². The van der Waals surface area contributed by atoms with Crippen LogP contribution in [0.3, 0.4) is 0 Å². The van der Waals surface area contributed by atoms with Gasteiger partial charge >= 0.3 is 0 Å². The minimum atomic E-state index is 0.784. The zero-order valence-electron chi connectivity index (χ0n) is 8.82. The lowest BCUT2D eigenvalue weighted by atomic mass is 10.4. The fourth-order valence-corrected chi connectivity index (χ4v) is 1.05. The molecule has 0 aliphatic carbocycles. The van der Waals surface area contributed by atoms with Gasteiger partial charge in [0.05, 0.1) is 11.9 Å². The van der Waals surface area contributed by atoms with Crippen LogP contribution in [0.4, 0.5) is 0 Å². The van der Waals surface area contributed by atoms with E-state index < -0.39 is 0 Å². The second-order valence-corrected chi connectivity index (χ2v) is 2.92. The zero-order valence-corrected chi connectivity index (χ0v) is 8.82. The summed E-state index contributed by atoms with van der Waals surface area (Å²) in [6.45, 7) is 5.84. The van der Waals surface area contributed by atoms with Crippen LogP contribution in [0.1, 0.15) is 25.4 Å². The van der Waals surface area contributed by atoms with Crippen molar-refractivity contribution in [1.29, 1.82) is 0 Å². The summed E-state index contributed by atoms with van der Waals surface area (Å²) in [5.41, 5.74) is 0.932. The summed E-state index contributed by atoms with van der Waals surface area (Å²) < 4.78 is 5.36. The Morgan fingerprint density at radius 1 is 1.36 bits per heavy atom. The van der Waals surface area contributed by atoms with Gasteiger partial charge in [-0.1, -0.05) is 12.2 Å². The number of aryl methyl sites for hydroxylation is 1. The van der Waals surface area contributed by atoms with E-state index in [-0.39, 0.29) is 0 Å². The van der Waals surface area contributed by atoms with Gasteiger partial charge in [0.25, 0.3) is 0 Å². The van der Waals surface area contributed by atoms with Gasteiger partial charge in [-0.2, -0.15) is 0 Å². The molecule has 14 heavy (non-hydrogen) atoms. The van der Waals surface area contributed by atoms with E-state index in [2.05, 4.69) is 4.99 Å². The fraction of sp³-hybridized carbons (Fsp3) is 0.250. The summed E-state index contributed by atoms with van der Waals surface area (Å²) in [6.07, 6.45) is 7.58. The molecule has 0 radical (unpaired) electrons. The van der Waals surface area contributed by atoms with E-state index in [0.717, 1.165) is 17.2 Å². The van der Waals surface area contributed by atoms with E-state index in [4.69, 9.17) is 4.42 Å². The minimum Gasteiger partial charge on any atom is -0.460 e. The molecule has 1 aromatic rings. The van der Waals surface area contributed by atoms with Crippen molar-refractivity contribution in [2.24, 2.45) is 4.99 Å². The Balaban J connectivity index is 2.72. The number of aliphatic imine (C=N–C) groups is 1. The van der Waals surface area contributed by atoms with Gasteiger partial charge in [-0.05, 0) is 39.0 Å². The second kappa shape index (κ2) is 5.22. The molecule has 74 valence electrons. The summed E-state index contributed by atoms with van der Waals surface area (Å²) in [5.74, 6) is 1.69. The first-order valence-electron chi connectivity index (χ1n) is 4.65. The molecule has 0 bridgehead atoms. The maximum absolute atomic E-state index is 5.36. The molecule has 0 saturated heterocycles. The van der Waals surface area contributed by atoms with Crippen LogP contribution in [0.5, 0.6) is 0 Å². The standard InChI is InChI=1S/C12H15NO/c1-4-6-11(5-2)13-9-12-8-7-10(3)14-12/h4-9H,1-3H3. The average Bonchev–Trinajstić information content (AvgIpc) is 2.59. The molecule has 0 aliphatic heterocycles. The van der Waals surface area contributed by atoms with Crippen molar-refractivity contribution in [3.8, 4) is 0 Å². The number of hydrogen-bond acceptors (Lipinski definition) is 2. The van der Waals surface area contributed by atoms with Gasteiger partial charge in [0, 0.05) is 0 Å². The first kappa shape index (κ1) is 10.5. The maximum Gasteiger partial charge on any atom is 0.145 e. The quantitative estimate of drug-likeness (QED) is 0.528. The predicted molar refractivity (Wildman–Crippen MR) is 59.6 cm³/mol. The molecule has 0 atom stereocenters. The Morgan fingerprint density at radius 3 is 2.64 bits per heavy atom. The molecule has 1 rings (SSSR count). The third-order valence-corrected chi connectivity index (χ3v) is 1.74. The monoisotopic (exact) mass is 189 g/mol. The van der Waals surface area contributed by atoms with Gasteiger partial charge < -0.3 is 4.42 Å². The van der Waals surface area contributed by atoms with Crippen molar-refractivity contribution in [3.63, 3.8) is 0 Å². The zero-order chi connectivity index (χ0) is 10.4. The molecule has 1 aromatic heterocycles. The van der Waals surface area contributed by atoms with Gasteiger partial charge in [-0.15, -0.1) is 0 Å². The Bertz CT molecular complexity index is 369. The van der Waals surface area contributed by atoms with Crippen LogP contribution in [0.25, 0.3) is 0 Å². The number of hydrogen-bond donors (Lipinski definition) is 0. The molecule has 0 spiro atoms. The van der Waals surface area contributed by atoms with Crippen molar-refractivity contribution in [2.45, 2.75) is 20.8 Å². The molecule has 0 unspecified atom stereocenters. The lowest BCUT2D eigenvalue weighted by Crippen LogP contribution is -1.77. The third kappa shape index (κ3) is 3.05. The highest BCUT2D eigenvalue weighted by Crippen LogP contribution is 2.05. The fourth-order valence-electron chi connectivity index (χ4n) is 1.05. The molecule has 0 saturated carbocycles. The smallest absolute Gasteiger partial charge is 0.145 e. The Hall–Kier alpha value is -1.57. The molecule has 0 fully saturated rings. The van der Waals surface area contributed by atoms with Gasteiger partial charge in [0.1, 0.15) is 11.5 Å². The maximum atomic E-state index is 5.36. The Morgan fingerprint density at radius 2 is 2.14 bits per heavy atom. The predicted octanol–water partition coefficient (Wildman–Crippen LogP) is 3.49. The van der Waals surface area contributed by atoms with Crippen LogP contribution < -0.4 is 0 Å². The molecule has 2 heteroatoms. The lowest BCUT2D eigenvalue weighted by Gasteiger charge is -1.90. The molecule has 2 nitrogen and oxygen atoms in total. The van der Waals surface area contributed by atoms with E-state index in [9.17, 15) is 0 Å². The van der Waals surface area contributed by atoms with Gasteiger partial charge in [-0.25, -0.2) is 0 Å². The molecule has 0 aromatic carbocycles. The number of furan rings is 1. The van der Waals surface area contributed by atoms with Crippen molar-refractivity contribution < 1.29 is 4.42 Å². The van der Waals surface area contributed by atoms with E-state index in [0.29, 0.717) is 0 Å². The summed E-state index contributed by atoms with van der Waals surface area (Å²) >= 11 is 0. The number of rotatable bonds is 3. The van der Waals surface area contributed by atoms with Gasteiger partial charge in [0.2, 0.25) is 0 Å². The molecule has 0 aliphatic rings. The van der Waals surface area contributed by atoms with E-state index in [1.807, 2.05) is 51.1 Å². The van der Waals surface area contributed by atoms with Crippen molar-refractivity contribution >= 4 is 6.21 Å². The van der Waals surface area contributed by atoms with E-state index >= 15 is 0 Å². The summed E-state index contributed by atoms with van der Waals surface area (Å²) in [7, 11) is 0. The second-order valence-electron chi connectivity index (χ2n) is 2.92. The van der Waals surface area contributed by atoms with E-state index in [1.165, 1.54) is 0 Å². The van der Waals surface area contributed by atoms with Gasteiger partial charge in [0.15, 0.2) is 0 Å². The first-order chi connectivity index (χ1) is 6.76. The van der Waals surface area contributed by atoms with Crippen LogP contribution in [0, 0.1) is 6.92 Å². The summed E-state index contributed by atoms with van der Waals surface area (Å²) in [6, 6.07) is 3.83. The average molecular weight is 189 g/mol. The molecular formula is C12H15NO. The SMILES string of the molecule is CC=CC(=CC)N=Cc1ccc(C)o1. The molecule has 1 heterocycles. The van der Waals surface area contributed by atoms with Crippen LogP contribution in [-0.4, -0.2) is 6.21 Å². The summed E-state index contributed by atoms with van der Waals surface area (Å²) in [5, 5.41) is 0. The number of nitrogens with zero attached hydrogens (tertiary/aromatic N) is 1.